The normalized spacial score (nSPS) is 20.1. The molecule has 0 saturated carbocycles. The van der Waals surface area contributed by atoms with Crippen LogP contribution in [0.4, 0.5) is 0 Å². The quantitative estimate of drug-likeness (QED) is 0.571. The largest absolute Gasteiger partial charge is 0.463 e. The van der Waals surface area contributed by atoms with Crippen molar-refractivity contribution in [1.82, 2.24) is 5.32 Å². The minimum Gasteiger partial charge on any atom is -0.463 e. The van der Waals surface area contributed by atoms with Crippen molar-refractivity contribution in [1.29, 1.82) is 0 Å². The van der Waals surface area contributed by atoms with Crippen molar-refractivity contribution < 1.29 is 14.6 Å². The van der Waals surface area contributed by atoms with E-state index in [1.165, 1.54) is 25.7 Å². The van der Waals surface area contributed by atoms with E-state index in [-0.39, 0.29) is 5.91 Å². The Bertz CT molecular complexity index is 527. The molecule has 2 N–H and O–H groups in total. The zero-order valence-electron chi connectivity index (χ0n) is 13.8. The number of ether oxygens (including phenoxy) is 1. The van der Waals surface area contributed by atoms with Gasteiger partial charge in [0.15, 0.2) is 0 Å². The molecule has 0 aliphatic carbocycles. The molecule has 126 valence electrons. The minimum absolute atomic E-state index is 0.175. The molecule has 0 spiro atoms. The van der Waals surface area contributed by atoms with Gasteiger partial charge in [-0.05, 0) is 30.5 Å². The molecule has 4 nitrogen and oxygen atoms in total. The Morgan fingerprint density at radius 3 is 2.91 bits per heavy atom. The maximum atomic E-state index is 11.9. The molecule has 0 aromatic heterocycles. The third kappa shape index (κ3) is 5.71. The number of rotatable bonds is 8. The summed E-state index contributed by atoms with van der Waals surface area (Å²) >= 11 is 0. The fraction of sp³-hybridized carbons (Fsp3) is 0.526. The topological polar surface area (TPSA) is 58.6 Å². The van der Waals surface area contributed by atoms with Crippen LogP contribution < -0.4 is 10.1 Å². The smallest absolute Gasteiger partial charge is 0.244 e. The first-order valence-corrected chi connectivity index (χ1v) is 8.60. The Morgan fingerprint density at radius 1 is 1.30 bits per heavy atom. The van der Waals surface area contributed by atoms with Crippen LogP contribution in [0.3, 0.4) is 0 Å². The van der Waals surface area contributed by atoms with Crippen LogP contribution in [0.15, 0.2) is 36.4 Å². The summed E-state index contributed by atoms with van der Waals surface area (Å²) in [6.07, 6.45) is 10.1. The van der Waals surface area contributed by atoms with Crippen LogP contribution in [0.25, 0.3) is 0 Å². The maximum Gasteiger partial charge on any atom is 0.244 e. The molecule has 1 aromatic carbocycles. The highest BCUT2D eigenvalue weighted by Crippen LogP contribution is 2.26. The summed E-state index contributed by atoms with van der Waals surface area (Å²) in [5.74, 6) is 0.513. The summed E-state index contributed by atoms with van der Waals surface area (Å²) in [7, 11) is 0. The second-order valence-electron chi connectivity index (χ2n) is 6.04. The first-order chi connectivity index (χ1) is 11.2. The number of carbonyl (C=O) groups excluding carboxylic acids is 1. The number of amides is 1. The second kappa shape index (κ2) is 9.36. The fourth-order valence-corrected chi connectivity index (χ4v) is 2.75. The van der Waals surface area contributed by atoms with Gasteiger partial charge in [0, 0.05) is 6.42 Å². The highest BCUT2D eigenvalue weighted by atomic mass is 16.6. The van der Waals surface area contributed by atoms with Gasteiger partial charge in [-0.25, -0.2) is 0 Å². The van der Waals surface area contributed by atoms with E-state index in [1.807, 2.05) is 30.3 Å². The van der Waals surface area contributed by atoms with Crippen molar-refractivity contribution in [3.05, 3.63) is 42.0 Å². The molecule has 0 fully saturated rings. The second-order valence-corrected chi connectivity index (χ2v) is 6.04. The van der Waals surface area contributed by atoms with Gasteiger partial charge in [0.05, 0.1) is 6.04 Å². The monoisotopic (exact) mass is 317 g/mol. The van der Waals surface area contributed by atoms with Gasteiger partial charge in [0.2, 0.25) is 12.2 Å². The number of unbranched alkanes of at least 4 members (excludes halogenated alkanes) is 5. The standard InChI is InChI=1S/C19H27NO3/c1-2-3-4-5-6-7-8-13-18(21)20-16-14-15-11-9-10-12-17(15)23-19(16)22/h8-13,16,19,22H,2-7,14H2,1H3,(H,20,21). The first-order valence-electron chi connectivity index (χ1n) is 8.60. The molecule has 0 bridgehead atoms. The fourth-order valence-electron chi connectivity index (χ4n) is 2.75. The molecule has 2 unspecified atom stereocenters. The Morgan fingerprint density at radius 2 is 2.09 bits per heavy atom. The summed E-state index contributed by atoms with van der Waals surface area (Å²) in [5.41, 5.74) is 1.00. The molecule has 2 rings (SSSR count). The van der Waals surface area contributed by atoms with Gasteiger partial charge in [-0.1, -0.05) is 56.9 Å². The van der Waals surface area contributed by atoms with E-state index < -0.39 is 12.3 Å². The van der Waals surface area contributed by atoms with Gasteiger partial charge < -0.3 is 15.2 Å². The number of aliphatic hydroxyl groups excluding tert-OH is 1. The van der Waals surface area contributed by atoms with E-state index in [1.54, 1.807) is 6.08 Å². The lowest BCUT2D eigenvalue weighted by Gasteiger charge is -2.30. The van der Waals surface area contributed by atoms with E-state index in [0.29, 0.717) is 12.2 Å². The molecule has 1 heterocycles. The maximum absolute atomic E-state index is 11.9. The Balaban J connectivity index is 1.73. The van der Waals surface area contributed by atoms with Crippen molar-refractivity contribution in [2.45, 2.75) is 64.2 Å². The lowest BCUT2D eigenvalue weighted by atomic mass is 10.0. The van der Waals surface area contributed by atoms with Crippen molar-refractivity contribution >= 4 is 5.91 Å². The molecule has 23 heavy (non-hydrogen) atoms. The third-order valence-electron chi connectivity index (χ3n) is 4.08. The minimum atomic E-state index is -1.00. The highest BCUT2D eigenvalue weighted by molar-refractivity contribution is 5.87. The van der Waals surface area contributed by atoms with Gasteiger partial charge in [-0.3, -0.25) is 4.79 Å². The zero-order valence-corrected chi connectivity index (χ0v) is 13.8. The third-order valence-corrected chi connectivity index (χ3v) is 4.08. The van der Waals surface area contributed by atoms with E-state index in [4.69, 9.17) is 4.74 Å². The van der Waals surface area contributed by atoms with Gasteiger partial charge >= 0.3 is 0 Å². The molecule has 0 radical (unpaired) electrons. The van der Waals surface area contributed by atoms with Crippen molar-refractivity contribution in [2.75, 3.05) is 0 Å². The lowest BCUT2D eigenvalue weighted by molar-refractivity contribution is -0.121. The van der Waals surface area contributed by atoms with Crippen LogP contribution in [0.2, 0.25) is 0 Å². The molecule has 1 aliphatic heterocycles. The average molecular weight is 317 g/mol. The number of nitrogens with one attached hydrogen (secondary N) is 1. The number of fused-ring (bicyclic) bond motifs is 1. The molecular weight excluding hydrogens is 290 g/mol. The number of hydrogen-bond acceptors (Lipinski definition) is 3. The van der Waals surface area contributed by atoms with Gasteiger partial charge in [-0.2, -0.15) is 0 Å². The van der Waals surface area contributed by atoms with Crippen LogP contribution in [-0.4, -0.2) is 23.3 Å². The summed E-state index contributed by atoms with van der Waals surface area (Å²) < 4.78 is 5.44. The van der Waals surface area contributed by atoms with E-state index >= 15 is 0 Å². The van der Waals surface area contributed by atoms with Crippen LogP contribution >= 0.6 is 0 Å². The molecule has 0 saturated heterocycles. The number of aliphatic hydroxyl groups is 1. The molecule has 1 aromatic rings. The van der Waals surface area contributed by atoms with E-state index in [2.05, 4.69) is 12.2 Å². The zero-order chi connectivity index (χ0) is 16.5. The van der Waals surface area contributed by atoms with Gasteiger partial charge in [0.25, 0.3) is 0 Å². The molecular formula is C19H27NO3. The highest BCUT2D eigenvalue weighted by Gasteiger charge is 2.28. The number of hydrogen-bond donors (Lipinski definition) is 2. The molecule has 4 heteroatoms. The van der Waals surface area contributed by atoms with Crippen LogP contribution in [-0.2, 0) is 11.2 Å². The predicted octanol–water partition coefficient (Wildman–Crippen LogP) is 3.34. The van der Waals surface area contributed by atoms with Crippen molar-refractivity contribution in [3.8, 4) is 5.75 Å². The number of para-hydroxylation sites is 1. The molecule has 2 atom stereocenters. The van der Waals surface area contributed by atoms with Crippen molar-refractivity contribution in [3.63, 3.8) is 0 Å². The summed E-state index contributed by atoms with van der Waals surface area (Å²) in [5, 5.41) is 12.8. The number of allylic oxidation sites excluding steroid dienone is 1. The Hall–Kier alpha value is -1.81. The summed E-state index contributed by atoms with van der Waals surface area (Å²) in [6.45, 7) is 2.20. The Kier molecular flexibility index (Phi) is 7.14. The van der Waals surface area contributed by atoms with Gasteiger partial charge in [0.1, 0.15) is 5.75 Å². The van der Waals surface area contributed by atoms with Crippen molar-refractivity contribution in [2.24, 2.45) is 0 Å². The van der Waals surface area contributed by atoms with Crippen LogP contribution in [0, 0.1) is 0 Å². The molecule has 1 aliphatic rings. The SMILES string of the molecule is CCCCCCCC=CC(=O)NC1Cc2ccccc2OC1O. The number of carbonyl (C=O) groups is 1. The number of benzene rings is 1. The van der Waals surface area contributed by atoms with Gasteiger partial charge in [-0.15, -0.1) is 0 Å². The summed E-state index contributed by atoms with van der Waals surface area (Å²) in [6, 6.07) is 7.17. The van der Waals surface area contributed by atoms with E-state index in [0.717, 1.165) is 18.4 Å². The van der Waals surface area contributed by atoms with E-state index in [9.17, 15) is 9.90 Å². The summed E-state index contributed by atoms with van der Waals surface area (Å²) in [4.78, 5) is 11.9. The first kappa shape index (κ1) is 17.5. The Labute approximate surface area is 138 Å². The van der Waals surface area contributed by atoms with Crippen LogP contribution in [0.5, 0.6) is 5.75 Å². The average Bonchev–Trinajstić information content (AvgIpc) is 2.55. The molecule has 1 amide bonds. The lowest BCUT2D eigenvalue weighted by Crippen LogP contribution is -2.49. The predicted molar refractivity (Wildman–Crippen MR) is 91.2 cm³/mol. The van der Waals surface area contributed by atoms with Crippen LogP contribution in [0.1, 0.15) is 51.0 Å².